The second-order valence-corrected chi connectivity index (χ2v) is 3.06. The Kier molecular flexibility index (Phi) is 2.96. The maximum Gasteiger partial charge on any atom is 0.103 e. The maximum absolute atomic E-state index is 5.40. The van der Waals surface area contributed by atoms with E-state index in [2.05, 4.69) is 26.9 Å². The van der Waals surface area contributed by atoms with Crippen molar-refractivity contribution in [2.24, 2.45) is 5.73 Å². The minimum absolute atomic E-state index is 0.320. The van der Waals surface area contributed by atoms with Crippen molar-refractivity contribution in [3.63, 3.8) is 0 Å². The number of allylic oxidation sites excluding steroid dienone is 2. The van der Waals surface area contributed by atoms with Crippen LogP contribution >= 0.6 is 15.9 Å². The lowest BCUT2D eigenvalue weighted by Gasteiger charge is -2.25. The molecule has 0 saturated heterocycles. The molecule has 1 rings (SSSR count). The molecule has 1 heterocycles. The minimum Gasteiger partial charge on any atom is -0.360 e. The lowest BCUT2D eigenvalue weighted by molar-refractivity contribution is 0.402. The van der Waals surface area contributed by atoms with Gasteiger partial charge in [0.25, 0.3) is 0 Å². The van der Waals surface area contributed by atoms with E-state index in [0.29, 0.717) is 11.5 Å². The van der Waals surface area contributed by atoms with E-state index in [4.69, 9.17) is 5.73 Å². The molecule has 0 bridgehead atoms. The molecule has 2 nitrogen and oxygen atoms in total. The molecule has 1 unspecified atom stereocenters. The summed E-state index contributed by atoms with van der Waals surface area (Å²) in [6.07, 6.45) is 8.14. The third kappa shape index (κ3) is 1.85. The molecule has 1 atom stereocenters. The molecule has 0 aromatic heterocycles. The van der Waals surface area contributed by atoms with E-state index in [1.54, 1.807) is 0 Å². The Balaban J connectivity index is 2.44. The summed E-state index contributed by atoms with van der Waals surface area (Å²) in [6, 6.07) is 0. The Hall–Kier alpha value is -0.280. The summed E-state index contributed by atoms with van der Waals surface area (Å²) in [7, 11) is 0. The van der Waals surface area contributed by atoms with Gasteiger partial charge in [-0.1, -0.05) is 28.1 Å². The van der Waals surface area contributed by atoms with Crippen molar-refractivity contribution in [1.29, 1.82) is 0 Å². The third-order valence-electron chi connectivity index (χ3n) is 1.36. The van der Waals surface area contributed by atoms with Crippen molar-refractivity contribution < 1.29 is 0 Å². The Morgan fingerprint density at radius 1 is 1.50 bits per heavy atom. The number of nitrogens with two attached hydrogens (primary N) is 1. The van der Waals surface area contributed by atoms with E-state index in [9.17, 15) is 0 Å². The first kappa shape index (κ1) is 7.82. The van der Waals surface area contributed by atoms with Crippen LogP contribution in [0, 0.1) is 0 Å². The minimum atomic E-state index is 0.320. The van der Waals surface area contributed by atoms with Crippen molar-refractivity contribution in [3.8, 4) is 0 Å². The first-order valence-corrected chi connectivity index (χ1v) is 4.21. The van der Waals surface area contributed by atoms with E-state index >= 15 is 0 Å². The molecule has 1 aliphatic rings. The summed E-state index contributed by atoms with van der Waals surface area (Å²) in [4.78, 5) is 2.46. The standard InChI is InChI=1S/C7H11BrN2/c8-7-3-1-2-5-10(7)6-4-9/h1-3,5,7H,4,6,9H2. The Morgan fingerprint density at radius 3 is 2.90 bits per heavy atom. The van der Waals surface area contributed by atoms with Crippen molar-refractivity contribution in [3.05, 3.63) is 24.4 Å². The van der Waals surface area contributed by atoms with Gasteiger partial charge in [0.2, 0.25) is 0 Å². The monoisotopic (exact) mass is 202 g/mol. The Bertz CT molecular complexity index is 154. The summed E-state index contributed by atoms with van der Waals surface area (Å²) < 4.78 is 0. The van der Waals surface area contributed by atoms with Gasteiger partial charge in [-0.25, -0.2) is 0 Å². The number of nitrogens with zero attached hydrogens (tertiary/aromatic N) is 1. The molecule has 0 amide bonds. The number of halogens is 1. The zero-order chi connectivity index (χ0) is 7.40. The van der Waals surface area contributed by atoms with Gasteiger partial charge in [-0.2, -0.15) is 0 Å². The average molecular weight is 203 g/mol. The highest BCUT2D eigenvalue weighted by molar-refractivity contribution is 9.09. The van der Waals surface area contributed by atoms with Gasteiger partial charge in [0.15, 0.2) is 0 Å². The van der Waals surface area contributed by atoms with Gasteiger partial charge in [0.1, 0.15) is 4.95 Å². The summed E-state index contributed by atoms with van der Waals surface area (Å²) in [5, 5.41) is 0. The quantitative estimate of drug-likeness (QED) is 0.536. The normalized spacial score (nSPS) is 23.8. The fourth-order valence-corrected chi connectivity index (χ4v) is 1.37. The van der Waals surface area contributed by atoms with E-state index in [-0.39, 0.29) is 0 Å². The van der Waals surface area contributed by atoms with Crippen LogP contribution in [0.2, 0.25) is 0 Å². The van der Waals surface area contributed by atoms with Crippen molar-refractivity contribution in [2.75, 3.05) is 13.1 Å². The van der Waals surface area contributed by atoms with E-state index in [1.807, 2.05) is 18.4 Å². The molecule has 0 spiro atoms. The largest absolute Gasteiger partial charge is 0.360 e. The number of hydrogen-bond donors (Lipinski definition) is 1. The molecule has 0 aromatic rings. The van der Waals surface area contributed by atoms with Gasteiger partial charge >= 0.3 is 0 Å². The van der Waals surface area contributed by atoms with Crippen molar-refractivity contribution in [2.45, 2.75) is 4.95 Å². The maximum atomic E-state index is 5.40. The number of hydrogen-bond acceptors (Lipinski definition) is 2. The fourth-order valence-electron chi connectivity index (χ4n) is 0.856. The predicted octanol–water partition coefficient (Wildman–Crippen LogP) is 1.05. The summed E-state index contributed by atoms with van der Waals surface area (Å²) in [5.41, 5.74) is 5.40. The molecular formula is C7H11BrN2. The highest BCUT2D eigenvalue weighted by atomic mass is 79.9. The fraction of sp³-hybridized carbons (Fsp3) is 0.429. The third-order valence-corrected chi connectivity index (χ3v) is 2.19. The van der Waals surface area contributed by atoms with E-state index in [1.165, 1.54) is 0 Å². The lowest BCUT2D eigenvalue weighted by Crippen LogP contribution is -2.30. The van der Waals surface area contributed by atoms with Crippen LogP contribution in [0.5, 0.6) is 0 Å². The Morgan fingerprint density at radius 2 is 2.30 bits per heavy atom. The van der Waals surface area contributed by atoms with Crippen LogP contribution in [-0.2, 0) is 0 Å². The van der Waals surface area contributed by atoms with Crippen LogP contribution < -0.4 is 5.73 Å². The molecule has 0 radical (unpaired) electrons. The van der Waals surface area contributed by atoms with Crippen LogP contribution in [0.3, 0.4) is 0 Å². The summed E-state index contributed by atoms with van der Waals surface area (Å²) >= 11 is 3.49. The molecule has 0 aromatic carbocycles. The average Bonchev–Trinajstić information content (AvgIpc) is 1.94. The molecule has 0 saturated carbocycles. The molecule has 56 valence electrons. The van der Waals surface area contributed by atoms with Gasteiger partial charge in [-0.05, 0) is 6.08 Å². The van der Waals surface area contributed by atoms with E-state index < -0.39 is 0 Å². The lowest BCUT2D eigenvalue weighted by atomic mass is 10.3. The second kappa shape index (κ2) is 3.78. The number of rotatable bonds is 2. The molecule has 0 fully saturated rings. The van der Waals surface area contributed by atoms with Crippen molar-refractivity contribution in [1.82, 2.24) is 4.90 Å². The highest BCUT2D eigenvalue weighted by Gasteiger charge is 2.07. The first-order valence-electron chi connectivity index (χ1n) is 3.29. The Labute approximate surface area is 69.5 Å². The molecular weight excluding hydrogens is 192 g/mol. The SMILES string of the molecule is NCCN1C=CC=CC1Br. The van der Waals surface area contributed by atoms with Gasteiger partial charge < -0.3 is 10.6 Å². The summed E-state index contributed by atoms with van der Waals surface area (Å²) in [5.74, 6) is 0. The van der Waals surface area contributed by atoms with E-state index in [0.717, 1.165) is 6.54 Å². The smallest absolute Gasteiger partial charge is 0.103 e. The first-order chi connectivity index (χ1) is 4.84. The highest BCUT2D eigenvalue weighted by Crippen LogP contribution is 2.12. The molecule has 2 N–H and O–H groups in total. The zero-order valence-corrected chi connectivity index (χ0v) is 7.29. The zero-order valence-electron chi connectivity index (χ0n) is 5.70. The van der Waals surface area contributed by atoms with Gasteiger partial charge in [0, 0.05) is 19.3 Å². The molecule has 3 heteroatoms. The topological polar surface area (TPSA) is 29.3 Å². The van der Waals surface area contributed by atoms with Crippen LogP contribution in [0.15, 0.2) is 24.4 Å². The van der Waals surface area contributed by atoms with Gasteiger partial charge in [-0.3, -0.25) is 0 Å². The van der Waals surface area contributed by atoms with Crippen LogP contribution in [0.1, 0.15) is 0 Å². The van der Waals surface area contributed by atoms with Crippen molar-refractivity contribution >= 4 is 15.9 Å². The van der Waals surface area contributed by atoms with Gasteiger partial charge in [-0.15, -0.1) is 0 Å². The predicted molar refractivity (Wildman–Crippen MR) is 46.8 cm³/mol. The van der Waals surface area contributed by atoms with Crippen LogP contribution in [0.25, 0.3) is 0 Å². The van der Waals surface area contributed by atoms with Crippen LogP contribution in [-0.4, -0.2) is 22.9 Å². The molecule has 10 heavy (non-hydrogen) atoms. The van der Waals surface area contributed by atoms with Gasteiger partial charge in [0.05, 0.1) is 0 Å². The molecule has 1 aliphatic heterocycles. The summed E-state index contributed by atoms with van der Waals surface area (Å²) in [6.45, 7) is 1.59. The molecule has 0 aliphatic carbocycles. The number of alkyl halides is 1. The van der Waals surface area contributed by atoms with Crippen LogP contribution in [0.4, 0.5) is 0 Å². The second-order valence-electron chi connectivity index (χ2n) is 2.13.